The van der Waals surface area contributed by atoms with Crippen LogP contribution in [0.4, 0.5) is 5.82 Å². The van der Waals surface area contributed by atoms with Gasteiger partial charge in [-0.1, -0.05) is 19.4 Å². The Morgan fingerprint density at radius 2 is 2.00 bits per heavy atom. The Labute approximate surface area is 108 Å². The smallest absolute Gasteiger partial charge is 0.133 e. The predicted octanol–water partition coefficient (Wildman–Crippen LogP) is 2.92. The maximum absolute atomic E-state index is 4.40. The van der Waals surface area contributed by atoms with Gasteiger partial charge in [-0.05, 0) is 25.5 Å². The largest absolute Gasteiger partial charge is 0.370 e. The van der Waals surface area contributed by atoms with Gasteiger partial charge in [-0.15, -0.1) is 0 Å². The molecule has 0 amide bonds. The third kappa shape index (κ3) is 2.64. The van der Waals surface area contributed by atoms with Crippen LogP contribution in [-0.2, 0) is 6.42 Å². The summed E-state index contributed by atoms with van der Waals surface area (Å²) in [6, 6.07) is 5.87. The molecule has 2 heterocycles. The second-order valence-electron chi connectivity index (χ2n) is 4.04. The molecule has 4 nitrogen and oxygen atoms in total. The predicted molar refractivity (Wildman–Crippen MR) is 73.4 cm³/mol. The van der Waals surface area contributed by atoms with Gasteiger partial charge in [0.15, 0.2) is 0 Å². The van der Waals surface area contributed by atoms with Gasteiger partial charge in [0, 0.05) is 18.3 Å². The molecule has 2 aromatic rings. The van der Waals surface area contributed by atoms with Crippen molar-refractivity contribution in [3.05, 3.63) is 36.3 Å². The number of aromatic nitrogens is 3. The Morgan fingerprint density at radius 1 is 1.11 bits per heavy atom. The van der Waals surface area contributed by atoms with Gasteiger partial charge in [-0.2, -0.15) is 0 Å². The van der Waals surface area contributed by atoms with Crippen molar-refractivity contribution >= 4 is 5.82 Å². The van der Waals surface area contributed by atoms with Gasteiger partial charge in [0.05, 0.1) is 11.4 Å². The van der Waals surface area contributed by atoms with Gasteiger partial charge < -0.3 is 5.32 Å². The molecule has 0 saturated heterocycles. The first-order valence-corrected chi connectivity index (χ1v) is 6.36. The van der Waals surface area contributed by atoms with Crippen molar-refractivity contribution in [1.82, 2.24) is 15.0 Å². The number of nitrogens with one attached hydrogen (secondary N) is 1. The van der Waals surface area contributed by atoms with Gasteiger partial charge in [0.25, 0.3) is 0 Å². The molecule has 0 fully saturated rings. The van der Waals surface area contributed by atoms with Crippen LogP contribution in [-0.4, -0.2) is 21.5 Å². The number of hydrogen-bond acceptors (Lipinski definition) is 4. The van der Waals surface area contributed by atoms with E-state index in [0.717, 1.165) is 42.2 Å². The van der Waals surface area contributed by atoms with E-state index in [0.29, 0.717) is 0 Å². The fraction of sp³-hybridized carbons (Fsp3) is 0.357. The minimum atomic E-state index is 0.857. The normalized spacial score (nSPS) is 10.3. The highest BCUT2D eigenvalue weighted by Gasteiger charge is 2.12. The van der Waals surface area contributed by atoms with E-state index in [1.807, 2.05) is 18.2 Å². The zero-order valence-electron chi connectivity index (χ0n) is 10.8. The molecule has 94 valence electrons. The molecule has 0 saturated carbocycles. The van der Waals surface area contributed by atoms with Crippen LogP contribution in [0.1, 0.15) is 25.8 Å². The topological polar surface area (TPSA) is 50.7 Å². The summed E-state index contributed by atoms with van der Waals surface area (Å²) < 4.78 is 0. The first-order chi connectivity index (χ1) is 8.86. The molecule has 0 aliphatic carbocycles. The molecule has 0 spiro atoms. The summed E-state index contributed by atoms with van der Waals surface area (Å²) in [4.78, 5) is 13.1. The average Bonchev–Trinajstić information content (AvgIpc) is 2.42. The van der Waals surface area contributed by atoms with Crippen LogP contribution in [0, 0.1) is 0 Å². The van der Waals surface area contributed by atoms with Gasteiger partial charge >= 0.3 is 0 Å². The highest BCUT2D eigenvalue weighted by atomic mass is 15.0. The van der Waals surface area contributed by atoms with Crippen LogP contribution >= 0.6 is 0 Å². The Kier molecular flexibility index (Phi) is 4.23. The lowest BCUT2D eigenvalue weighted by atomic mass is 10.1. The number of rotatable bonds is 5. The third-order valence-corrected chi connectivity index (χ3v) is 2.70. The molecule has 2 rings (SSSR count). The van der Waals surface area contributed by atoms with Crippen LogP contribution in [0.15, 0.2) is 30.7 Å². The quantitative estimate of drug-likeness (QED) is 0.875. The van der Waals surface area contributed by atoms with E-state index < -0.39 is 0 Å². The number of hydrogen-bond donors (Lipinski definition) is 1. The maximum atomic E-state index is 4.40. The molecule has 0 atom stereocenters. The van der Waals surface area contributed by atoms with Crippen LogP contribution in [0.3, 0.4) is 0 Å². The van der Waals surface area contributed by atoms with Gasteiger partial charge in [-0.3, -0.25) is 4.98 Å². The van der Waals surface area contributed by atoms with Gasteiger partial charge in [-0.25, -0.2) is 9.97 Å². The zero-order valence-corrected chi connectivity index (χ0v) is 10.8. The molecule has 0 aliphatic heterocycles. The average molecular weight is 242 g/mol. The highest BCUT2D eigenvalue weighted by Crippen LogP contribution is 2.25. The molecule has 18 heavy (non-hydrogen) atoms. The molecular weight excluding hydrogens is 224 g/mol. The number of anilines is 1. The molecule has 1 N–H and O–H groups in total. The van der Waals surface area contributed by atoms with Crippen molar-refractivity contribution in [2.45, 2.75) is 26.7 Å². The Bertz CT molecular complexity index is 496. The minimum absolute atomic E-state index is 0.857. The van der Waals surface area contributed by atoms with Crippen molar-refractivity contribution < 1.29 is 0 Å². The minimum Gasteiger partial charge on any atom is -0.370 e. The van der Waals surface area contributed by atoms with E-state index in [9.17, 15) is 0 Å². The molecule has 0 radical (unpaired) electrons. The fourth-order valence-corrected chi connectivity index (χ4v) is 1.94. The molecule has 4 heteroatoms. The van der Waals surface area contributed by atoms with E-state index in [4.69, 9.17) is 0 Å². The lowest BCUT2D eigenvalue weighted by molar-refractivity contribution is 0.900. The third-order valence-electron chi connectivity index (χ3n) is 2.70. The second-order valence-corrected chi connectivity index (χ2v) is 4.04. The summed E-state index contributed by atoms with van der Waals surface area (Å²) in [7, 11) is 0. The summed E-state index contributed by atoms with van der Waals surface area (Å²) in [5.74, 6) is 0.926. The SMILES string of the molecule is CCCc1c(NCC)ncnc1-c1ccccn1. The van der Waals surface area contributed by atoms with E-state index >= 15 is 0 Å². The highest BCUT2D eigenvalue weighted by molar-refractivity contribution is 5.65. The van der Waals surface area contributed by atoms with Crippen LogP contribution in [0.2, 0.25) is 0 Å². The first-order valence-electron chi connectivity index (χ1n) is 6.36. The summed E-state index contributed by atoms with van der Waals surface area (Å²) in [6.07, 6.45) is 5.40. The molecule has 0 aliphatic rings. The van der Waals surface area contributed by atoms with Crippen LogP contribution < -0.4 is 5.32 Å². The summed E-state index contributed by atoms with van der Waals surface area (Å²) in [6.45, 7) is 5.08. The molecule has 0 bridgehead atoms. The van der Waals surface area contributed by atoms with Crippen molar-refractivity contribution in [3.63, 3.8) is 0 Å². The van der Waals surface area contributed by atoms with Crippen molar-refractivity contribution in [3.8, 4) is 11.4 Å². The molecular formula is C14H18N4. The van der Waals surface area contributed by atoms with Crippen molar-refractivity contribution in [1.29, 1.82) is 0 Å². The fourth-order valence-electron chi connectivity index (χ4n) is 1.94. The summed E-state index contributed by atoms with van der Waals surface area (Å²) in [5, 5.41) is 3.29. The molecule has 0 aromatic carbocycles. The zero-order chi connectivity index (χ0) is 12.8. The van der Waals surface area contributed by atoms with Crippen molar-refractivity contribution in [2.24, 2.45) is 0 Å². The number of pyridine rings is 1. The van der Waals surface area contributed by atoms with E-state index in [2.05, 4.69) is 34.1 Å². The molecule has 2 aromatic heterocycles. The summed E-state index contributed by atoms with van der Waals surface area (Å²) >= 11 is 0. The standard InChI is InChI=1S/C14H18N4/c1-3-7-11-13(12-8-5-6-9-16-12)17-10-18-14(11)15-4-2/h5-6,8-10H,3-4,7H2,1-2H3,(H,15,17,18). The van der Waals surface area contributed by atoms with Gasteiger partial charge in [0.2, 0.25) is 0 Å². The van der Waals surface area contributed by atoms with Crippen LogP contribution in [0.25, 0.3) is 11.4 Å². The lowest BCUT2D eigenvalue weighted by Crippen LogP contribution is -2.06. The Hall–Kier alpha value is -1.97. The van der Waals surface area contributed by atoms with E-state index in [1.54, 1.807) is 12.5 Å². The van der Waals surface area contributed by atoms with E-state index in [-0.39, 0.29) is 0 Å². The Morgan fingerprint density at radius 3 is 2.67 bits per heavy atom. The maximum Gasteiger partial charge on any atom is 0.133 e. The van der Waals surface area contributed by atoms with Crippen molar-refractivity contribution in [2.75, 3.05) is 11.9 Å². The lowest BCUT2D eigenvalue weighted by Gasteiger charge is -2.12. The monoisotopic (exact) mass is 242 g/mol. The van der Waals surface area contributed by atoms with E-state index in [1.165, 1.54) is 0 Å². The number of nitrogens with zero attached hydrogens (tertiary/aromatic N) is 3. The first kappa shape index (κ1) is 12.5. The summed E-state index contributed by atoms with van der Waals surface area (Å²) in [5.41, 5.74) is 2.99. The van der Waals surface area contributed by atoms with Crippen LogP contribution in [0.5, 0.6) is 0 Å². The molecule has 0 unspecified atom stereocenters. The second kappa shape index (κ2) is 6.10. The van der Waals surface area contributed by atoms with Gasteiger partial charge in [0.1, 0.15) is 12.1 Å². The Balaban J connectivity index is 2.49.